The summed E-state index contributed by atoms with van der Waals surface area (Å²) in [5, 5.41) is 0. The molecule has 0 spiro atoms. The van der Waals surface area contributed by atoms with E-state index >= 15 is 0 Å². The van der Waals surface area contributed by atoms with Crippen molar-refractivity contribution in [2.75, 3.05) is 26.2 Å². The second kappa shape index (κ2) is 8.75. The van der Waals surface area contributed by atoms with E-state index < -0.39 is 10.0 Å². The van der Waals surface area contributed by atoms with E-state index in [1.165, 1.54) is 17.3 Å². The Morgan fingerprint density at radius 1 is 0.941 bits per heavy atom. The molecular formula is C23H20N4O5S2. The molecule has 174 valence electrons. The van der Waals surface area contributed by atoms with Gasteiger partial charge >= 0.3 is 0 Å². The van der Waals surface area contributed by atoms with Crippen molar-refractivity contribution in [2.45, 2.75) is 11.8 Å². The van der Waals surface area contributed by atoms with Gasteiger partial charge in [0, 0.05) is 37.3 Å². The van der Waals surface area contributed by atoms with Gasteiger partial charge in [-0.1, -0.05) is 30.3 Å². The normalized spacial score (nSPS) is 15.0. The van der Waals surface area contributed by atoms with E-state index in [0.29, 0.717) is 22.4 Å². The minimum atomic E-state index is -3.76. The SMILES string of the molecule is CC(=O)c1ccc(-c2ccc(C(=O)N3CCN(S(=O)(=O)c4cccc5nsnc45)CC3)o2)cc1. The predicted molar refractivity (Wildman–Crippen MR) is 126 cm³/mol. The summed E-state index contributed by atoms with van der Waals surface area (Å²) in [5.74, 6) is 0.377. The molecule has 1 amide bonds. The van der Waals surface area contributed by atoms with E-state index in [-0.39, 0.29) is 48.5 Å². The highest BCUT2D eigenvalue weighted by Gasteiger charge is 2.33. The zero-order chi connectivity index (χ0) is 23.9. The Kier molecular flexibility index (Phi) is 5.76. The van der Waals surface area contributed by atoms with Crippen LogP contribution in [0, 0.1) is 0 Å². The molecule has 0 N–H and O–H groups in total. The number of nitrogens with zero attached hydrogens (tertiary/aromatic N) is 4. The Balaban J connectivity index is 1.27. The molecule has 0 atom stereocenters. The molecule has 0 aliphatic carbocycles. The number of Topliss-reactive ketones (excluding diaryl/α,β-unsaturated/α-hetero) is 1. The number of ketones is 1. The minimum Gasteiger partial charge on any atom is -0.451 e. The number of rotatable bonds is 5. The lowest BCUT2D eigenvalue weighted by Crippen LogP contribution is -2.50. The van der Waals surface area contributed by atoms with Crippen molar-refractivity contribution in [2.24, 2.45) is 0 Å². The molecule has 2 aromatic carbocycles. The molecule has 1 aliphatic heterocycles. The van der Waals surface area contributed by atoms with Crippen LogP contribution in [-0.4, -0.2) is 64.2 Å². The van der Waals surface area contributed by atoms with Gasteiger partial charge in [-0.15, -0.1) is 0 Å². The lowest BCUT2D eigenvalue weighted by molar-refractivity contribution is 0.0667. The molecule has 1 saturated heterocycles. The topological polar surface area (TPSA) is 114 Å². The number of aromatic nitrogens is 2. The molecule has 2 aromatic heterocycles. The Labute approximate surface area is 200 Å². The molecule has 11 heteroatoms. The van der Waals surface area contributed by atoms with E-state index in [2.05, 4.69) is 8.75 Å². The second-order valence-electron chi connectivity index (χ2n) is 7.88. The molecule has 0 saturated carbocycles. The van der Waals surface area contributed by atoms with Crippen molar-refractivity contribution >= 4 is 44.5 Å². The monoisotopic (exact) mass is 496 g/mol. The fraction of sp³-hybridized carbons (Fsp3) is 0.217. The number of carbonyl (C=O) groups is 2. The third kappa shape index (κ3) is 4.02. The number of benzene rings is 2. The van der Waals surface area contributed by atoms with Crippen molar-refractivity contribution < 1.29 is 22.4 Å². The first-order chi connectivity index (χ1) is 16.3. The Hall–Kier alpha value is -3.41. The van der Waals surface area contributed by atoms with Gasteiger partial charge in [0.1, 0.15) is 21.7 Å². The third-order valence-corrected chi connectivity index (χ3v) is 8.26. The van der Waals surface area contributed by atoms with E-state index in [4.69, 9.17) is 4.42 Å². The highest BCUT2D eigenvalue weighted by atomic mass is 32.2. The summed E-state index contributed by atoms with van der Waals surface area (Å²) in [4.78, 5) is 26.1. The highest BCUT2D eigenvalue weighted by molar-refractivity contribution is 7.89. The number of piperazine rings is 1. The summed E-state index contributed by atoms with van der Waals surface area (Å²) >= 11 is 0.973. The molecule has 5 rings (SSSR count). The number of furan rings is 1. The van der Waals surface area contributed by atoms with Gasteiger partial charge in [0.15, 0.2) is 11.5 Å². The summed E-state index contributed by atoms with van der Waals surface area (Å²) in [5.41, 5.74) is 2.27. The van der Waals surface area contributed by atoms with Gasteiger partial charge in [-0.05, 0) is 31.2 Å². The van der Waals surface area contributed by atoms with Crippen molar-refractivity contribution in [3.63, 3.8) is 0 Å². The Bertz CT molecular complexity index is 1480. The van der Waals surface area contributed by atoms with E-state index in [9.17, 15) is 18.0 Å². The van der Waals surface area contributed by atoms with Crippen LogP contribution in [0.2, 0.25) is 0 Å². The molecule has 1 fully saturated rings. The van der Waals surface area contributed by atoms with Crippen LogP contribution in [0.15, 0.2) is 63.9 Å². The zero-order valence-electron chi connectivity index (χ0n) is 18.2. The maximum atomic E-state index is 13.2. The van der Waals surface area contributed by atoms with Gasteiger partial charge in [0.2, 0.25) is 10.0 Å². The molecule has 0 radical (unpaired) electrons. The second-order valence-corrected chi connectivity index (χ2v) is 10.3. The standard InChI is InChI=1S/C23H20N4O5S2/c1-15(28)16-5-7-17(8-6-16)19-9-10-20(32-19)23(29)26-11-13-27(14-12-26)34(30,31)21-4-2-3-18-22(21)25-33-24-18/h2-10H,11-14H2,1H3. The first-order valence-corrected chi connectivity index (χ1v) is 12.7. The molecule has 4 aromatic rings. The van der Waals surface area contributed by atoms with Crippen molar-refractivity contribution in [3.05, 3.63) is 65.9 Å². The number of fused-ring (bicyclic) bond motifs is 1. The van der Waals surface area contributed by atoms with Gasteiger partial charge in [0.25, 0.3) is 5.91 Å². The van der Waals surface area contributed by atoms with Gasteiger partial charge in [-0.2, -0.15) is 13.1 Å². The van der Waals surface area contributed by atoms with Crippen LogP contribution in [0.3, 0.4) is 0 Å². The average molecular weight is 497 g/mol. The van der Waals surface area contributed by atoms with E-state index in [0.717, 1.165) is 17.3 Å². The third-order valence-electron chi connectivity index (χ3n) is 5.79. The molecule has 1 aliphatic rings. The van der Waals surface area contributed by atoms with E-state index in [1.807, 2.05) is 0 Å². The minimum absolute atomic E-state index is 0.0250. The van der Waals surface area contributed by atoms with Crippen molar-refractivity contribution in [3.8, 4) is 11.3 Å². The first-order valence-electron chi connectivity index (χ1n) is 10.6. The van der Waals surface area contributed by atoms with Gasteiger partial charge < -0.3 is 9.32 Å². The van der Waals surface area contributed by atoms with Crippen LogP contribution in [0.25, 0.3) is 22.4 Å². The highest BCUT2D eigenvalue weighted by Crippen LogP contribution is 2.27. The van der Waals surface area contributed by atoms with Crippen LogP contribution in [0.5, 0.6) is 0 Å². The van der Waals surface area contributed by atoms with Crippen LogP contribution < -0.4 is 0 Å². The molecular weight excluding hydrogens is 476 g/mol. The van der Waals surface area contributed by atoms with E-state index in [1.54, 1.807) is 53.4 Å². The predicted octanol–water partition coefficient (Wildman–Crippen LogP) is 3.30. The molecule has 0 bridgehead atoms. The molecule has 34 heavy (non-hydrogen) atoms. The fourth-order valence-electron chi connectivity index (χ4n) is 3.89. The largest absolute Gasteiger partial charge is 0.451 e. The van der Waals surface area contributed by atoms with Crippen molar-refractivity contribution in [1.82, 2.24) is 18.0 Å². The molecule has 0 unspecified atom stereocenters. The van der Waals surface area contributed by atoms with Gasteiger partial charge in [0.05, 0.1) is 11.7 Å². The Morgan fingerprint density at radius 2 is 1.68 bits per heavy atom. The summed E-state index contributed by atoms with van der Waals surface area (Å²) in [7, 11) is -3.76. The number of hydrogen-bond acceptors (Lipinski definition) is 8. The number of amides is 1. The molecule has 3 heterocycles. The smallest absolute Gasteiger partial charge is 0.289 e. The molecule has 9 nitrogen and oxygen atoms in total. The maximum absolute atomic E-state index is 13.2. The van der Waals surface area contributed by atoms with Crippen molar-refractivity contribution in [1.29, 1.82) is 0 Å². The van der Waals surface area contributed by atoms with Crippen LogP contribution >= 0.6 is 11.7 Å². The fourth-order valence-corrected chi connectivity index (χ4v) is 6.07. The van der Waals surface area contributed by atoms with Gasteiger partial charge in [-0.3, -0.25) is 9.59 Å². The summed E-state index contributed by atoms with van der Waals surface area (Å²) < 4.78 is 41.8. The van der Waals surface area contributed by atoms with Crippen LogP contribution in [0.1, 0.15) is 27.8 Å². The lowest BCUT2D eigenvalue weighted by Gasteiger charge is -2.33. The summed E-state index contributed by atoms with van der Waals surface area (Å²) in [6, 6.07) is 15.2. The zero-order valence-corrected chi connectivity index (χ0v) is 19.8. The quantitative estimate of drug-likeness (QED) is 0.390. The number of hydrogen-bond donors (Lipinski definition) is 0. The maximum Gasteiger partial charge on any atom is 0.289 e. The average Bonchev–Trinajstić information content (AvgIpc) is 3.53. The van der Waals surface area contributed by atoms with Crippen LogP contribution in [-0.2, 0) is 10.0 Å². The number of sulfonamides is 1. The summed E-state index contributed by atoms with van der Waals surface area (Å²) in [6.45, 7) is 2.32. The first kappa shape index (κ1) is 22.4. The number of carbonyl (C=O) groups excluding carboxylic acids is 2. The Morgan fingerprint density at radius 3 is 2.38 bits per heavy atom. The summed E-state index contributed by atoms with van der Waals surface area (Å²) in [6.07, 6.45) is 0. The van der Waals surface area contributed by atoms with Gasteiger partial charge in [-0.25, -0.2) is 8.42 Å². The van der Waals surface area contributed by atoms with Crippen LogP contribution in [0.4, 0.5) is 0 Å². The lowest BCUT2D eigenvalue weighted by atomic mass is 10.1.